The molecule has 0 spiro atoms. The maximum atomic E-state index is 14.1. The molecule has 1 heterocycles. The van der Waals surface area contributed by atoms with Gasteiger partial charge < -0.3 is 19.3 Å². The number of ether oxygens (including phenoxy) is 3. The topological polar surface area (TPSA) is 118 Å². The van der Waals surface area contributed by atoms with Gasteiger partial charge in [0.25, 0.3) is 5.91 Å². The molecule has 3 N–H and O–H groups in total. The van der Waals surface area contributed by atoms with Crippen molar-refractivity contribution in [2.24, 2.45) is 4.99 Å². The maximum absolute atomic E-state index is 14.1. The quantitative estimate of drug-likeness (QED) is 0.142. The largest absolute Gasteiger partial charge is 0.494 e. The Morgan fingerprint density at radius 1 is 0.977 bits per heavy atom. The smallest absolute Gasteiger partial charge is 0.306 e. The summed E-state index contributed by atoms with van der Waals surface area (Å²) in [6.07, 6.45) is 0.495. The van der Waals surface area contributed by atoms with E-state index in [0.717, 1.165) is 11.1 Å². The summed E-state index contributed by atoms with van der Waals surface area (Å²) in [6.45, 7) is 6.38. The van der Waals surface area contributed by atoms with Crippen LogP contribution in [0.2, 0.25) is 0 Å². The predicted molar refractivity (Wildman–Crippen MR) is 165 cm³/mol. The van der Waals surface area contributed by atoms with E-state index in [1.54, 1.807) is 12.1 Å². The highest BCUT2D eigenvalue weighted by Gasteiger charge is 2.53. The van der Waals surface area contributed by atoms with Crippen LogP contribution in [0.15, 0.2) is 89.9 Å². The molecule has 1 amide bonds. The summed E-state index contributed by atoms with van der Waals surface area (Å²) in [5, 5.41) is 9.02. The summed E-state index contributed by atoms with van der Waals surface area (Å²) in [7, 11) is 0. The van der Waals surface area contributed by atoms with E-state index in [0.29, 0.717) is 43.2 Å². The fourth-order valence-corrected chi connectivity index (χ4v) is 4.79. The number of nitrogens with zero attached hydrogens (tertiary/aromatic N) is 1. The van der Waals surface area contributed by atoms with E-state index in [4.69, 9.17) is 24.3 Å². The lowest BCUT2D eigenvalue weighted by Gasteiger charge is -2.31. The van der Waals surface area contributed by atoms with Crippen molar-refractivity contribution in [3.8, 4) is 5.75 Å². The number of hydrazine groups is 1. The predicted octanol–water partition coefficient (Wildman–Crippen LogP) is 4.69. The molecule has 9 nitrogen and oxygen atoms in total. The Bertz CT molecular complexity index is 1360. The second-order valence-electron chi connectivity index (χ2n) is 11.4. The molecule has 3 aromatic carbocycles. The second-order valence-corrected chi connectivity index (χ2v) is 11.4. The molecule has 228 valence electrons. The highest BCUT2D eigenvalue weighted by Crippen LogP contribution is 2.43. The zero-order valence-electron chi connectivity index (χ0n) is 25.0. The molecule has 1 aliphatic heterocycles. The summed E-state index contributed by atoms with van der Waals surface area (Å²) in [4.78, 5) is 31.9. The molecule has 1 aliphatic rings. The minimum atomic E-state index is -1.45. The van der Waals surface area contributed by atoms with Gasteiger partial charge in [-0.2, -0.15) is 0 Å². The second kappa shape index (κ2) is 14.8. The third-order valence-corrected chi connectivity index (χ3v) is 6.85. The lowest BCUT2D eigenvalue weighted by atomic mass is 9.83. The van der Waals surface area contributed by atoms with Crippen LogP contribution < -0.4 is 15.6 Å². The third-order valence-electron chi connectivity index (χ3n) is 6.85. The Kier molecular flexibility index (Phi) is 10.9. The average molecular weight is 588 g/mol. The van der Waals surface area contributed by atoms with Crippen LogP contribution in [0.4, 0.5) is 0 Å². The van der Waals surface area contributed by atoms with Crippen molar-refractivity contribution >= 4 is 17.8 Å². The first-order valence-electron chi connectivity index (χ1n) is 14.6. The zero-order chi connectivity index (χ0) is 30.7. The molecule has 0 saturated heterocycles. The molecule has 4 rings (SSSR count). The van der Waals surface area contributed by atoms with Crippen LogP contribution in [0.3, 0.4) is 0 Å². The molecule has 2 atom stereocenters. The van der Waals surface area contributed by atoms with Gasteiger partial charge in [0.2, 0.25) is 5.90 Å². The molecule has 0 fully saturated rings. The van der Waals surface area contributed by atoms with E-state index in [9.17, 15) is 9.59 Å². The first-order valence-corrected chi connectivity index (χ1v) is 14.6. The maximum Gasteiger partial charge on any atom is 0.306 e. The van der Waals surface area contributed by atoms with Crippen molar-refractivity contribution in [1.82, 2.24) is 10.9 Å². The number of carbonyl (C=O) groups excluding carboxylic acids is 2. The Labute approximate surface area is 253 Å². The van der Waals surface area contributed by atoms with Crippen molar-refractivity contribution in [3.63, 3.8) is 0 Å². The van der Waals surface area contributed by atoms with Gasteiger partial charge in [-0.3, -0.25) is 15.0 Å². The number of hydrogen-bond acceptors (Lipinski definition) is 8. The highest BCUT2D eigenvalue weighted by molar-refractivity contribution is 6.01. The Balaban J connectivity index is 1.62. The molecule has 0 aromatic heterocycles. The summed E-state index contributed by atoms with van der Waals surface area (Å²) in [5.74, 6) is 0.111. The first kappa shape index (κ1) is 31.7. The monoisotopic (exact) mass is 587 g/mol. The van der Waals surface area contributed by atoms with E-state index >= 15 is 0 Å². The summed E-state index contributed by atoms with van der Waals surface area (Å²) < 4.78 is 17.7. The molecule has 0 saturated carbocycles. The number of nitrogens with one attached hydrogen (secondary N) is 2. The van der Waals surface area contributed by atoms with E-state index in [2.05, 4.69) is 10.9 Å². The number of aliphatic hydroxyl groups excluding tert-OH is 1. The summed E-state index contributed by atoms with van der Waals surface area (Å²) in [6, 6.07) is 26.6. The number of carbonyl (C=O) groups is 2. The van der Waals surface area contributed by atoms with E-state index in [-0.39, 0.29) is 19.4 Å². The normalized spacial score (nSPS) is 18.0. The van der Waals surface area contributed by atoms with Gasteiger partial charge in [0, 0.05) is 31.6 Å². The lowest BCUT2D eigenvalue weighted by Crippen LogP contribution is -2.53. The summed E-state index contributed by atoms with van der Waals surface area (Å²) >= 11 is 0. The van der Waals surface area contributed by atoms with Gasteiger partial charge in [-0.1, -0.05) is 60.7 Å². The number of hydrogen-bond donors (Lipinski definition) is 3. The number of amides is 1. The third kappa shape index (κ3) is 8.89. The van der Waals surface area contributed by atoms with Gasteiger partial charge in [0.05, 0.1) is 6.61 Å². The first-order chi connectivity index (χ1) is 20.7. The standard InChI is InChI=1S/C34H41N3O6/c1-33(2,3)43-29(39)19-21-34(32(40)37-35-22-20-25-11-6-4-7-12-25)30(26-13-8-5-9-14-26)42-31(36-34)27-15-17-28(18-16-27)41-24-10-23-38/h4-9,11-18,30,35,38H,10,19-24H2,1-3H3,(H,37,40)/t30-,34-/m0/s1. The highest BCUT2D eigenvalue weighted by atomic mass is 16.6. The van der Waals surface area contributed by atoms with Crippen LogP contribution in [0.25, 0.3) is 0 Å². The molecule has 0 radical (unpaired) electrons. The molecule has 9 heteroatoms. The van der Waals surface area contributed by atoms with Gasteiger partial charge in [-0.15, -0.1) is 0 Å². The van der Waals surface area contributed by atoms with Crippen LogP contribution in [0, 0.1) is 0 Å². The van der Waals surface area contributed by atoms with Crippen LogP contribution in [-0.2, 0) is 25.5 Å². The van der Waals surface area contributed by atoms with Gasteiger partial charge in [-0.05, 0) is 69.0 Å². The molecule has 0 aliphatic carbocycles. The van der Waals surface area contributed by atoms with Crippen LogP contribution in [0.5, 0.6) is 5.75 Å². The fourth-order valence-electron chi connectivity index (χ4n) is 4.79. The van der Waals surface area contributed by atoms with E-state index < -0.39 is 29.1 Å². The minimum absolute atomic E-state index is 0.0319. The van der Waals surface area contributed by atoms with E-state index in [1.165, 1.54) is 0 Å². The van der Waals surface area contributed by atoms with Gasteiger partial charge in [0.1, 0.15) is 11.4 Å². The Morgan fingerprint density at radius 3 is 2.30 bits per heavy atom. The molecule has 0 bridgehead atoms. The number of aliphatic imine (C=N–C) groups is 1. The number of aliphatic hydroxyl groups is 1. The van der Waals surface area contributed by atoms with Crippen molar-refractivity contribution in [1.29, 1.82) is 0 Å². The fraction of sp³-hybridized carbons (Fsp3) is 0.382. The Hall–Kier alpha value is -4.21. The molecule has 3 aromatic rings. The number of esters is 1. The van der Waals surface area contributed by atoms with Crippen LogP contribution in [-0.4, -0.2) is 53.8 Å². The van der Waals surface area contributed by atoms with Gasteiger partial charge in [0.15, 0.2) is 11.6 Å². The Morgan fingerprint density at radius 2 is 1.65 bits per heavy atom. The molecule has 43 heavy (non-hydrogen) atoms. The number of benzene rings is 3. The van der Waals surface area contributed by atoms with E-state index in [1.807, 2.05) is 93.6 Å². The van der Waals surface area contributed by atoms with Crippen molar-refractivity contribution in [2.45, 2.75) is 63.7 Å². The molecular weight excluding hydrogens is 546 g/mol. The molecular formula is C34H41N3O6. The lowest BCUT2D eigenvalue weighted by molar-refractivity contribution is -0.155. The average Bonchev–Trinajstić information content (AvgIpc) is 3.40. The SMILES string of the molecule is CC(C)(C)OC(=O)CC[C@]1(C(=O)NNCCc2ccccc2)N=C(c2ccc(OCCCO)cc2)O[C@H]1c1ccccc1. The number of rotatable bonds is 14. The van der Waals surface area contributed by atoms with Crippen molar-refractivity contribution < 1.29 is 28.9 Å². The van der Waals surface area contributed by atoms with Crippen LogP contribution in [0.1, 0.15) is 62.8 Å². The zero-order valence-corrected chi connectivity index (χ0v) is 25.0. The van der Waals surface area contributed by atoms with Gasteiger partial charge in [-0.25, -0.2) is 10.4 Å². The van der Waals surface area contributed by atoms with Crippen LogP contribution >= 0.6 is 0 Å². The van der Waals surface area contributed by atoms with Crippen molar-refractivity contribution in [2.75, 3.05) is 19.8 Å². The van der Waals surface area contributed by atoms with Crippen molar-refractivity contribution in [3.05, 3.63) is 102 Å². The molecule has 0 unspecified atom stereocenters. The van der Waals surface area contributed by atoms with Gasteiger partial charge >= 0.3 is 5.97 Å². The summed E-state index contributed by atoms with van der Waals surface area (Å²) in [5.41, 5.74) is 6.34. The minimum Gasteiger partial charge on any atom is -0.494 e.